The third-order valence-corrected chi connectivity index (χ3v) is 2.81. The molecule has 0 atom stereocenters. The molecule has 1 aromatic carbocycles. The van der Waals surface area contributed by atoms with Gasteiger partial charge in [-0.2, -0.15) is 0 Å². The second-order valence-corrected chi connectivity index (χ2v) is 4.26. The van der Waals surface area contributed by atoms with Gasteiger partial charge in [-0.05, 0) is 12.5 Å². The lowest BCUT2D eigenvalue weighted by molar-refractivity contribution is -0.132. The quantitative estimate of drug-likeness (QED) is 0.713. The van der Waals surface area contributed by atoms with E-state index in [0.717, 1.165) is 12.0 Å². The van der Waals surface area contributed by atoms with Gasteiger partial charge in [0.1, 0.15) is 5.75 Å². The molecule has 0 unspecified atom stereocenters. The van der Waals surface area contributed by atoms with Gasteiger partial charge in [-0.25, -0.2) is 0 Å². The number of ether oxygens (including phenoxy) is 2. The van der Waals surface area contributed by atoms with Crippen LogP contribution in [0.4, 0.5) is 0 Å². The number of amides is 1. The van der Waals surface area contributed by atoms with Gasteiger partial charge in [-0.15, -0.1) is 0 Å². The summed E-state index contributed by atoms with van der Waals surface area (Å²) < 4.78 is 10.5. The molecule has 0 fully saturated rings. The zero-order chi connectivity index (χ0) is 14.1. The Balaban J connectivity index is 2.40. The van der Waals surface area contributed by atoms with Crippen molar-refractivity contribution in [1.82, 2.24) is 4.90 Å². The van der Waals surface area contributed by atoms with Gasteiger partial charge in [0.25, 0.3) is 5.91 Å². The van der Waals surface area contributed by atoms with E-state index in [-0.39, 0.29) is 12.5 Å². The molecule has 0 aliphatic rings. The number of carbonyl (C=O) groups is 1. The number of hydrogen-bond donors (Lipinski definition) is 1. The number of methoxy groups -OCH3 is 1. The van der Waals surface area contributed by atoms with Crippen LogP contribution in [0.15, 0.2) is 24.3 Å². The fraction of sp³-hybridized carbons (Fsp3) is 0.500. The number of nitrogens with zero attached hydrogens (tertiary/aromatic N) is 1. The highest BCUT2D eigenvalue weighted by Gasteiger charge is 2.10. The van der Waals surface area contributed by atoms with Crippen LogP contribution in [-0.4, -0.2) is 44.7 Å². The number of para-hydroxylation sites is 1. The zero-order valence-electron chi connectivity index (χ0n) is 11.6. The molecule has 1 amide bonds. The summed E-state index contributed by atoms with van der Waals surface area (Å²) in [5, 5.41) is 0. The summed E-state index contributed by atoms with van der Waals surface area (Å²) in [5.74, 6) is 0.617. The van der Waals surface area contributed by atoms with E-state index in [1.54, 1.807) is 19.1 Å². The lowest BCUT2D eigenvalue weighted by Gasteiger charge is -2.17. The molecule has 0 spiro atoms. The van der Waals surface area contributed by atoms with Crippen LogP contribution in [0.1, 0.15) is 12.0 Å². The Kier molecular flexibility index (Phi) is 6.92. The van der Waals surface area contributed by atoms with Crippen LogP contribution in [0, 0.1) is 0 Å². The van der Waals surface area contributed by atoms with Crippen LogP contribution >= 0.6 is 0 Å². The molecule has 0 aliphatic heterocycles. The molecule has 0 bridgehead atoms. The van der Waals surface area contributed by atoms with E-state index in [0.29, 0.717) is 25.4 Å². The molecule has 0 aromatic heterocycles. The zero-order valence-corrected chi connectivity index (χ0v) is 11.6. The van der Waals surface area contributed by atoms with E-state index in [1.165, 1.54) is 0 Å². The highest BCUT2D eigenvalue weighted by atomic mass is 16.5. The Labute approximate surface area is 114 Å². The van der Waals surface area contributed by atoms with Gasteiger partial charge >= 0.3 is 0 Å². The Morgan fingerprint density at radius 1 is 1.37 bits per heavy atom. The Morgan fingerprint density at radius 3 is 2.79 bits per heavy atom. The van der Waals surface area contributed by atoms with Crippen LogP contribution < -0.4 is 10.5 Å². The summed E-state index contributed by atoms with van der Waals surface area (Å²) in [6.07, 6.45) is 0.818. The fourth-order valence-electron chi connectivity index (χ4n) is 1.63. The standard InChI is InChI=1S/C14H22N2O3/c1-16(8-5-9-18-2)14(17)11-19-13-7-4-3-6-12(13)10-15/h3-4,6-7H,5,8-11,15H2,1-2H3. The third kappa shape index (κ3) is 5.28. The van der Waals surface area contributed by atoms with Gasteiger partial charge in [-0.3, -0.25) is 4.79 Å². The molecule has 1 rings (SSSR count). The van der Waals surface area contributed by atoms with Crippen LogP contribution in [0.25, 0.3) is 0 Å². The second kappa shape index (κ2) is 8.50. The number of likely N-dealkylation sites (N-methyl/N-ethyl adjacent to an activating group) is 1. The van der Waals surface area contributed by atoms with Gasteiger partial charge in [-0.1, -0.05) is 18.2 Å². The van der Waals surface area contributed by atoms with Gasteiger partial charge in [0.2, 0.25) is 0 Å². The van der Waals surface area contributed by atoms with E-state index >= 15 is 0 Å². The minimum Gasteiger partial charge on any atom is -0.483 e. The maximum absolute atomic E-state index is 11.8. The van der Waals surface area contributed by atoms with Crippen molar-refractivity contribution >= 4 is 5.91 Å². The molecule has 0 heterocycles. The van der Waals surface area contributed by atoms with Crippen molar-refractivity contribution in [2.45, 2.75) is 13.0 Å². The predicted octanol–water partition coefficient (Wildman–Crippen LogP) is 1.02. The van der Waals surface area contributed by atoms with Gasteiger partial charge < -0.3 is 20.1 Å². The number of rotatable bonds is 8. The molecule has 0 radical (unpaired) electrons. The first-order valence-corrected chi connectivity index (χ1v) is 6.32. The van der Waals surface area contributed by atoms with E-state index in [2.05, 4.69) is 0 Å². The first-order valence-electron chi connectivity index (χ1n) is 6.32. The molecule has 106 valence electrons. The van der Waals surface area contributed by atoms with Crippen molar-refractivity contribution in [3.63, 3.8) is 0 Å². The van der Waals surface area contributed by atoms with Crippen molar-refractivity contribution in [1.29, 1.82) is 0 Å². The number of nitrogens with two attached hydrogens (primary N) is 1. The molecule has 19 heavy (non-hydrogen) atoms. The molecule has 1 aromatic rings. The van der Waals surface area contributed by atoms with Gasteiger partial charge in [0.15, 0.2) is 6.61 Å². The Hall–Kier alpha value is -1.59. The minimum atomic E-state index is -0.0528. The summed E-state index contributed by atoms with van der Waals surface area (Å²) in [6.45, 7) is 1.73. The average Bonchev–Trinajstić information content (AvgIpc) is 2.45. The second-order valence-electron chi connectivity index (χ2n) is 4.26. The number of benzene rings is 1. The smallest absolute Gasteiger partial charge is 0.260 e. The summed E-state index contributed by atoms with van der Waals surface area (Å²) >= 11 is 0. The minimum absolute atomic E-state index is 0.0283. The van der Waals surface area contributed by atoms with Crippen LogP contribution in [0.2, 0.25) is 0 Å². The van der Waals surface area contributed by atoms with Crippen molar-refractivity contribution in [3.8, 4) is 5.75 Å². The van der Waals surface area contributed by atoms with Gasteiger partial charge in [0, 0.05) is 39.4 Å². The monoisotopic (exact) mass is 266 g/mol. The summed E-state index contributed by atoms with van der Waals surface area (Å²) in [6, 6.07) is 7.47. The van der Waals surface area contributed by atoms with Crippen molar-refractivity contribution < 1.29 is 14.3 Å². The van der Waals surface area contributed by atoms with Crippen molar-refractivity contribution in [2.24, 2.45) is 5.73 Å². The van der Waals surface area contributed by atoms with Crippen LogP contribution in [0.3, 0.4) is 0 Å². The largest absolute Gasteiger partial charge is 0.483 e. The Morgan fingerprint density at radius 2 is 2.11 bits per heavy atom. The highest BCUT2D eigenvalue weighted by Crippen LogP contribution is 2.16. The molecular formula is C14H22N2O3. The maximum Gasteiger partial charge on any atom is 0.260 e. The number of carbonyl (C=O) groups excluding carboxylic acids is 1. The van der Waals surface area contributed by atoms with Crippen molar-refractivity contribution in [2.75, 3.05) is 33.9 Å². The van der Waals surface area contributed by atoms with Gasteiger partial charge in [0.05, 0.1) is 0 Å². The molecule has 0 aliphatic carbocycles. The van der Waals surface area contributed by atoms with Crippen LogP contribution in [0.5, 0.6) is 5.75 Å². The summed E-state index contributed by atoms with van der Waals surface area (Å²) in [4.78, 5) is 13.5. The highest BCUT2D eigenvalue weighted by molar-refractivity contribution is 5.77. The summed E-state index contributed by atoms with van der Waals surface area (Å²) in [7, 11) is 3.41. The SMILES string of the molecule is COCCCN(C)C(=O)COc1ccccc1CN. The molecule has 0 saturated heterocycles. The molecule has 0 saturated carbocycles. The normalized spacial score (nSPS) is 10.3. The van der Waals surface area contributed by atoms with E-state index in [4.69, 9.17) is 15.2 Å². The molecular weight excluding hydrogens is 244 g/mol. The third-order valence-electron chi connectivity index (χ3n) is 2.81. The topological polar surface area (TPSA) is 64.8 Å². The molecule has 2 N–H and O–H groups in total. The van der Waals surface area contributed by atoms with E-state index in [9.17, 15) is 4.79 Å². The van der Waals surface area contributed by atoms with E-state index < -0.39 is 0 Å². The maximum atomic E-state index is 11.8. The molecule has 5 nitrogen and oxygen atoms in total. The molecule has 5 heteroatoms. The lowest BCUT2D eigenvalue weighted by atomic mass is 10.2. The van der Waals surface area contributed by atoms with Crippen LogP contribution in [-0.2, 0) is 16.1 Å². The summed E-state index contributed by atoms with van der Waals surface area (Å²) in [5.41, 5.74) is 6.51. The lowest BCUT2D eigenvalue weighted by Crippen LogP contribution is -2.32. The predicted molar refractivity (Wildman–Crippen MR) is 74.0 cm³/mol. The van der Waals surface area contributed by atoms with Crippen molar-refractivity contribution in [3.05, 3.63) is 29.8 Å². The first kappa shape index (κ1) is 15.5. The fourth-order valence-corrected chi connectivity index (χ4v) is 1.63. The first-order chi connectivity index (χ1) is 9.19. The Bertz CT molecular complexity index is 396. The number of hydrogen-bond acceptors (Lipinski definition) is 4. The average molecular weight is 266 g/mol. The van der Waals surface area contributed by atoms with E-state index in [1.807, 2.05) is 24.3 Å².